The largest absolute Gasteiger partial charge is 0.573 e. The van der Waals surface area contributed by atoms with Crippen LogP contribution in [0.3, 0.4) is 0 Å². The summed E-state index contributed by atoms with van der Waals surface area (Å²) in [4.78, 5) is 30.5. The number of benzene rings is 1. The molecule has 2 amide bonds. The molecule has 0 aliphatic rings. The van der Waals surface area contributed by atoms with E-state index >= 15 is 0 Å². The molecule has 4 rings (SSSR count). The van der Waals surface area contributed by atoms with Gasteiger partial charge in [0.25, 0.3) is 11.8 Å². The van der Waals surface area contributed by atoms with Gasteiger partial charge in [-0.25, -0.2) is 0 Å². The molecule has 0 saturated carbocycles. The van der Waals surface area contributed by atoms with Crippen LogP contribution in [0.15, 0.2) is 55.0 Å². The highest BCUT2D eigenvalue weighted by Crippen LogP contribution is 2.28. The summed E-state index contributed by atoms with van der Waals surface area (Å²) < 4.78 is 81.1. The zero-order valence-electron chi connectivity index (χ0n) is 22.1. The lowest BCUT2D eigenvalue weighted by Crippen LogP contribution is -2.32. The Morgan fingerprint density at radius 2 is 1.84 bits per heavy atom. The summed E-state index contributed by atoms with van der Waals surface area (Å²) in [6.45, 7) is 0.377. The number of pyridine rings is 1. The number of amides is 2. The molecule has 0 atom stereocenters. The summed E-state index contributed by atoms with van der Waals surface area (Å²) in [7, 11) is 0. The Hall–Kier alpha value is -5.03. The maximum Gasteiger partial charge on any atom is 0.573 e. The summed E-state index contributed by atoms with van der Waals surface area (Å²) in [5, 5.41) is 19.9. The molecule has 2 N–H and O–H groups in total. The monoisotopic (exact) mass is 611 g/mol. The number of carbonyl (C=O) groups is 2. The first-order valence-electron chi connectivity index (χ1n) is 12.6. The minimum atomic E-state index is -4.84. The van der Waals surface area contributed by atoms with Crippen molar-refractivity contribution in [3.63, 3.8) is 0 Å². The number of ether oxygens (including phenoxy) is 1. The quantitative estimate of drug-likeness (QED) is 0.182. The van der Waals surface area contributed by atoms with Crippen molar-refractivity contribution >= 4 is 11.8 Å². The number of carbonyl (C=O) groups excluding carboxylic acids is 2. The van der Waals surface area contributed by atoms with E-state index in [1.807, 2.05) is 0 Å². The van der Waals surface area contributed by atoms with Gasteiger partial charge in [-0.05, 0) is 42.7 Å². The van der Waals surface area contributed by atoms with E-state index in [1.54, 1.807) is 0 Å². The highest BCUT2D eigenvalue weighted by Gasteiger charge is 2.31. The summed E-state index contributed by atoms with van der Waals surface area (Å²) in [5.41, 5.74) is -0.274. The maximum absolute atomic E-state index is 12.9. The van der Waals surface area contributed by atoms with Crippen LogP contribution < -0.4 is 10.1 Å². The molecule has 0 unspecified atom stereocenters. The number of halogens is 6. The SMILES string of the molecule is O=C(NCc1cccc(OC(F)(F)F)c1)c1cn(CCCCN(Cc2ccc(C(F)(F)F)cn2)C(=O)c2c[nH]nn2)nn1. The fourth-order valence-corrected chi connectivity index (χ4v) is 3.82. The second-order valence-electron chi connectivity index (χ2n) is 9.07. The lowest BCUT2D eigenvalue weighted by Gasteiger charge is -2.21. The predicted molar refractivity (Wildman–Crippen MR) is 134 cm³/mol. The fourth-order valence-electron chi connectivity index (χ4n) is 3.82. The van der Waals surface area contributed by atoms with E-state index in [0.717, 1.165) is 18.2 Å². The molecule has 4 aromatic rings. The Morgan fingerprint density at radius 1 is 1.02 bits per heavy atom. The van der Waals surface area contributed by atoms with Crippen LogP contribution in [0.4, 0.5) is 26.3 Å². The van der Waals surface area contributed by atoms with Gasteiger partial charge in [-0.1, -0.05) is 22.6 Å². The summed E-state index contributed by atoms with van der Waals surface area (Å²) >= 11 is 0. The van der Waals surface area contributed by atoms with Gasteiger partial charge in [-0.3, -0.25) is 24.4 Å². The number of aromatic amines is 1. The molecule has 0 spiro atoms. The number of alkyl halides is 6. The highest BCUT2D eigenvalue weighted by molar-refractivity contribution is 5.92. The van der Waals surface area contributed by atoms with Gasteiger partial charge in [0.2, 0.25) is 0 Å². The minimum Gasteiger partial charge on any atom is -0.406 e. The van der Waals surface area contributed by atoms with E-state index in [4.69, 9.17) is 0 Å². The Bertz CT molecular complexity index is 1510. The number of hydrogen-bond acceptors (Lipinski definition) is 8. The lowest BCUT2D eigenvalue weighted by atomic mass is 10.2. The Labute approximate surface area is 239 Å². The molecular formula is C25H23F6N9O3. The number of aromatic nitrogens is 7. The standard InChI is InChI=1S/C25H23F6N9O3/c26-24(27,28)17-6-7-18(32-12-17)14-39(23(42)20-13-34-37-35-20)8-1-2-9-40-15-21(36-38-40)22(41)33-11-16-4-3-5-19(10-16)43-25(29,30)31/h3-7,10,12-13,15H,1-2,8-9,11,14H2,(H,33,41)(H,34,35,37). The number of nitrogens with one attached hydrogen (secondary N) is 2. The summed E-state index contributed by atoms with van der Waals surface area (Å²) in [6, 6.07) is 7.25. The topological polar surface area (TPSA) is 144 Å². The first-order chi connectivity index (χ1) is 20.4. The number of hydrogen-bond donors (Lipinski definition) is 2. The predicted octanol–water partition coefficient (Wildman–Crippen LogP) is 3.76. The van der Waals surface area contributed by atoms with Crippen molar-refractivity contribution in [3.05, 3.63) is 83.2 Å². The molecule has 18 heteroatoms. The molecule has 0 aliphatic carbocycles. The first-order valence-corrected chi connectivity index (χ1v) is 12.6. The van der Waals surface area contributed by atoms with Gasteiger partial charge in [0.05, 0.1) is 30.2 Å². The Morgan fingerprint density at radius 3 is 2.51 bits per heavy atom. The second kappa shape index (κ2) is 13.3. The second-order valence-corrected chi connectivity index (χ2v) is 9.07. The van der Waals surface area contributed by atoms with Gasteiger partial charge in [0, 0.05) is 25.8 Å². The molecule has 12 nitrogen and oxygen atoms in total. The third-order valence-electron chi connectivity index (χ3n) is 5.85. The van der Waals surface area contributed by atoms with Crippen molar-refractivity contribution in [2.75, 3.05) is 6.54 Å². The zero-order valence-corrected chi connectivity index (χ0v) is 22.1. The van der Waals surface area contributed by atoms with Crippen molar-refractivity contribution in [2.24, 2.45) is 0 Å². The van der Waals surface area contributed by atoms with E-state index in [2.05, 4.69) is 40.8 Å². The average Bonchev–Trinajstić information content (AvgIpc) is 3.65. The third kappa shape index (κ3) is 9.23. The van der Waals surface area contributed by atoms with Gasteiger partial charge in [0.15, 0.2) is 11.4 Å². The molecule has 3 aromatic heterocycles. The third-order valence-corrected chi connectivity index (χ3v) is 5.85. The van der Waals surface area contributed by atoms with Crippen LogP contribution in [0.2, 0.25) is 0 Å². The van der Waals surface area contributed by atoms with Crippen LogP contribution >= 0.6 is 0 Å². The van der Waals surface area contributed by atoms with E-state index in [-0.39, 0.29) is 36.7 Å². The number of nitrogens with zero attached hydrogens (tertiary/aromatic N) is 7. The Kier molecular flexibility index (Phi) is 9.56. The van der Waals surface area contributed by atoms with Crippen LogP contribution in [-0.4, -0.2) is 65.0 Å². The molecule has 0 saturated heterocycles. The molecule has 0 bridgehead atoms. The van der Waals surface area contributed by atoms with Gasteiger partial charge in [0.1, 0.15) is 5.75 Å². The minimum absolute atomic E-state index is 0.0149. The molecule has 3 heterocycles. The molecular weight excluding hydrogens is 588 g/mol. The first kappa shape index (κ1) is 30.9. The molecule has 43 heavy (non-hydrogen) atoms. The number of rotatable bonds is 12. The molecule has 0 fully saturated rings. The van der Waals surface area contributed by atoms with Gasteiger partial charge in [-0.15, -0.1) is 23.4 Å². The number of H-pyrrole nitrogens is 1. The molecule has 0 aliphatic heterocycles. The van der Waals surface area contributed by atoms with E-state index < -0.39 is 35.7 Å². The van der Waals surface area contributed by atoms with E-state index in [9.17, 15) is 35.9 Å². The van der Waals surface area contributed by atoms with Crippen LogP contribution in [0, 0.1) is 0 Å². The van der Waals surface area contributed by atoms with Crippen LogP contribution in [0.25, 0.3) is 0 Å². The zero-order chi connectivity index (χ0) is 31.0. The summed E-state index contributed by atoms with van der Waals surface area (Å²) in [6.07, 6.45) is -5.06. The summed E-state index contributed by atoms with van der Waals surface area (Å²) in [5.74, 6) is -1.51. The average molecular weight is 612 g/mol. The number of unbranched alkanes of at least 4 members (excludes halogenated alkanes) is 1. The smallest absolute Gasteiger partial charge is 0.406 e. The highest BCUT2D eigenvalue weighted by atomic mass is 19.4. The molecule has 228 valence electrons. The van der Waals surface area contributed by atoms with Crippen molar-refractivity contribution in [2.45, 2.75) is 45.0 Å². The lowest BCUT2D eigenvalue weighted by molar-refractivity contribution is -0.274. The van der Waals surface area contributed by atoms with Crippen LogP contribution in [0.5, 0.6) is 5.75 Å². The molecule has 0 radical (unpaired) electrons. The van der Waals surface area contributed by atoms with E-state index in [0.29, 0.717) is 31.1 Å². The van der Waals surface area contributed by atoms with Gasteiger partial charge < -0.3 is 15.0 Å². The fraction of sp³-hybridized carbons (Fsp3) is 0.320. The van der Waals surface area contributed by atoms with Crippen LogP contribution in [0.1, 0.15) is 50.6 Å². The Balaban J connectivity index is 1.28. The van der Waals surface area contributed by atoms with Crippen molar-refractivity contribution in [1.82, 2.24) is 45.6 Å². The molecule has 1 aromatic carbocycles. The number of aryl methyl sites for hydroxylation is 1. The van der Waals surface area contributed by atoms with Gasteiger partial charge in [-0.2, -0.15) is 13.2 Å². The normalized spacial score (nSPS) is 11.8. The van der Waals surface area contributed by atoms with Crippen molar-refractivity contribution in [3.8, 4) is 5.75 Å². The van der Waals surface area contributed by atoms with Crippen molar-refractivity contribution in [1.29, 1.82) is 0 Å². The van der Waals surface area contributed by atoms with Crippen molar-refractivity contribution < 1.29 is 40.7 Å². The maximum atomic E-state index is 12.9. The van der Waals surface area contributed by atoms with E-state index in [1.165, 1.54) is 40.2 Å². The van der Waals surface area contributed by atoms with Gasteiger partial charge >= 0.3 is 12.5 Å². The van der Waals surface area contributed by atoms with Crippen LogP contribution in [-0.2, 0) is 25.8 Å².